The zero-order valence-electron chi connectivity index (χ0n) is 7.78. The van der Waals surface area contributed by atoms with Crippen LogP contribution >= 0.6 is 0 Å². The van der Waals surface area contributed by atoms with Gasteiger partial charge in [0.05, 0.1) is 0 Å². The molecule has 0 fully saturated rings. The van der Waals surface area contributed by atoms with Crippen LogP contribution in [0.25, 0.3) is 0 Å². The maximum Gasteiger partial charge on any atom is 0.0130 e. The van der Waals surface area contributed by atoms with E-state index in [9.17, 15) is 0 Å². The summed E-state index contributed by atoms with van der Waals surface area (Å²) in [6, 6.07) is 0. The van der Waals surface area contributed by atoms with Crippen molar-refractivity contribution in [3.05, 3.63) is 0 Å². The van der Waals surface area contributed by atoms with Crippen LogP contribution < -0.4 is 10.9 Å². The van der Waals surface area contributed by atoms with Gasteiger partial charge in [-0.3, -0.25) is 10.9 Å². The normalized spacial score (nSPS) is 15.3. The Kier molecular flexibility index (Phi) is 3.91. The third kappa shape index (κ3) is 3.85. The summed E-state index contributed by atoms with van der Waals surface area (Å²) in [7, 11) is 1.90. The maximum atomic E-state index is 3.10. The third-order valence-corrected chi connectivity index (χ3v) is 2.06. The largest absolute Gasteiger partial charge is 0.261 e. The van der Waals surface area contributed by atoms with Gasteiger partial charge in [-0.1, -0.05) is 27.7 Å². The minimum Gasteiger partial charge on any atom is -0.261 e. The van der Waals surface area contributed by atoms with Crippen LogP contribution in [0.4, 0.5) is 0 Å². The molecule has 2 nitrogen and oxygen atoms in total. The van der Waals surface area contributed by atoms with Gasteiger partial charge in [0.2, 0.25) is 0 Å². The summed E-state index contributed by atoms with van der Waals surface area (Å²) in [6.07, 6.45) is 0. The van der Waals surface area contributed by atoms with Gasteiger partial charge in [-0.15, -0.1) is 0 Å². The Hall–Kier alpha value is -0.0800. The van der Waals surface area contributed by atoms with E-state index in [4.69, 9.17) is 0 Å². The Balaban J connectivity index is 3.52. The fourth-order valence-corrected chi connectivity index (χ4v) is 0.561. The number of nitrogens with one attached hydrogen (secondary N) is 2. The van der Waals surface area contributed by atoms with Gasteiger partial charge in [0.1, 0.15) is 0 Å². The van der Waals surface area contributed by atoms with Gasteiger partial charge in [0.25, 0.3) is 0 Å². The molecule has 0 heterocycles. The van der Waals surface area contributed by atoms with E-state index in [0.717, 1.165) is 6.54 Å². The predicted octanol–water partition coefficient (Wildman–Crippen LogP) is 1.39. The zero-order chi connectivity index (χ0) is 8.20. The van der Waals surface area contributed by atoms with E-state index in [1.807, 2.05) is 7.05 Å². The molecule has 2 heteroatoms. The van der Waals surface area contributed by atoms with E-state index in [1.165, 1.54) is 0 Å². The van der Waals surface area contributed by atoms with E-state index >= 15 is 0 Å². The van der Waals surface area contributed by atoms with Gasteiger partial charge in [0, 0.05) is 6.54 Å². The van der Waals surface area contributed by atoms with Crippen LogP contribution in [0.1, 0.15) is 27.7 Å². The molecule has 1 unspecified atom stereocenters. The second kappa shape index (κ2) is 3.94. The highest BCUT2D eigenvalue weighted by Gasteiger charge is 2.18. The van der Waals surface area contributed by atoms with Gasteiger partial charge < -0.3 is 0 Å². The van der Waals surface area contributed by atoms with Crippen molar-refractivity contribution in [1.29, 1.82) is 0 Å². The third-order valence-electron chi connectivity index (χ3n) is 2.06. The van der Waals surface area contributed by atoms with Gasteiger partial charge >= 0.3 is 0 Å². The molecular weight excluding hydrogens is 124 g/mol. The lowest BCUT2D eigenvalue weighted by Crippen LogP contribution is -2.36. The molecule has 0 saturated heterocycles. The fraction of sp³-hybridized carbons (Fsp3) is 1.00. The second-order valence-electron chi connectivity index (χ2n) is 3.90. The lowest BCUT2D eigenvalue weighted by atomic mass is 9.82. The van der Waals surface area contributed by atoms with Gasteiger partial charge in [-0.2, -0.15) is 0 Å². The van der Waals surface area contributed by atoms with Crippen LogP contribution in [0.3, 0.4) is 0 Å². The molecule has 0 saturated carbocycles. The minimum absolute atomic E-state index is 0.407. The highest BCUT2D eigenvalue weighted by atomic mass is 15.3. The molecule has 2 N–H and O–H groups in total. The monoisotopic (exact) mass is 144 g/mol. The van der Waals surface area contributed by atoms with Crippen molar-refractivity contribution < 1.29 is 0 Å². The summed E-state index contributed by atoms with van der Waals surface area (Å²) in [4.78, 5) is 0. The molecule has 0 aliphatic heterocycles. The molecule has 62 valence electrons. The van der Waals surface area contributed by atoms with Crippen molar-refractivity contribution in [2.24, 2.45) is 11.3 Å². The molecule has 10 heavy (non-hydrogen) atoms. The zero-order valence-corrected chi connectivity index (χ0v) is 7.78. The smallest absolute Gasteiger partial charge is 0.0130 e. The molecule has 0 aliphatic rings. The predicted molar refractivity (Wildman–Crippen MR) is 45.7 cm³/mol. The Bertz CT molecular complexity index is 83.7. The molecule has 0 amide bonds. The first-order chi connectivity index (χ1) is 4.48. The summed E-state index contributed by atoms with van der Waals surface area (Å²) >= 11 is 0. The Morgan fingerprint density at radius 1 is 1.30 bits per heavy atom. The average molecular weight is 144 g/mol. The maximum absolute atomic E-state index is 3.10. The summed E-state index contributed by atoms with van der Waals surface area (Å²) < 4.78 is 0. The number of hydrogen-bond donors (Lipinski definition) is 2. The quantitative estimate of drug-likeness (QED) is 0.585. The standard InChI is InChI=1S/C8H20N2/c1-7(6-10-9-5)8(2,3)4/h7,9-10H,6H2,1-5H3. The summed E-state index contributed by atoms with van der Waals surface area (Å²) in [5.41, 5.74) is 6.43. The van der Waals surface area contributed by atoms with E-state index < -0.39 is 0 Å². The first-order valence-corrected chi connectivity index (χ1v) is 3.88. The number of hydrogen-bond acceptors (Lipinski definition) is 2. The number of hydrazine groups is 1. The Morgan fingerprint density at radius 2 is 1.80 bits per heavy atom. The summed E-state index contributed by atoms with van der Waals surface area (Å²) in [6.45, 7) is 10.1. The van der Waals surface area contributed by atoms with Crippen molar-refractivity contribution in [2.75, 3.05) is 13.6 Å². The molecule has 0 aromatic rings. The van der Waals surface area contributed by atoms with Crippen LogP contribution in [0.5, 0.6) is 0 Å². The highest BCUT2D eigenvalue weighted by Crippen LogP contribution is 2.23. The summed E-state index contributed by atoms with van der Waals surface area (Å²) in [5.74, 6) is 0.694. The van der Waals surface area contributed by atoms with E-state index in [1.54, 1.807) is 0 Å². The Labute approximate surface area is 64.4 Å². The molecule has 0 bridgehead atoms. The van der Waals surface area contributed by atoms with E-state index in [-0.39, 0.29) is 0 Å². The molecule has 0 aliphatic carbocycles. The summed E-state index contributed by atoms with van der Waals surface area (Å²) in [5, 5.41) is 0. The van der Waals surface area contributed by atoms with E-state index in [2.05, 4.69) is 38.5 Å². The van der Waals surface area contributed by atoms with Crippen LogP contribution in [0.15, 0.2) is 0 Å². The molecular formula is C8H20N2. The molecule has 1 atom stereocenters. The lowest BCUT2D eigenvalue weighted by Gasteiger charge is -2.27. The van der Waals surface area contributed by atoms with Crippen molar-refractivity contribution in [3.63, 3.8) is 0 Å². The second-order valence-corrected chi connectivity index (χ2v) is 3.90. The average Bonchev–Trinajstić information content (AvgIpc) is 1.80. The van der Waals surface area contributed by atoms with Gasteiger partial charge in [-0.25, -0.2) is 0 Å². The van der Waals surface area contributed by atoms with Gasteiger partial charge in [0.15, 0.2) is 0 Å². The lowest BCUT2D eigenvalue weighted by molar-refractivity contribution is 0.247. The van der Waals surface area contributed by atoms with Crippen LogP contribution in [0, 0.1) is 11.3 Å². The molecule has 0 aromatic carbocycles. The van der Waals surface area contributed by atoms with Crippen molar-refractivity contribution in [1.82, 2.24) is 10.9 Å². The Morgan fingerprint density at radius 3 is 2.10 bits per heavy atom. The first kappa shape index (κ1) is 9.92. The number of rotatable bonds is 3. The molecule has 0 aromatic heterocycles. The SMILES string of the molecule is CNNCC(C)C(C)(C)C. The van der Waals surface area contributed by atoms with Crippen molar-refractivity contribution in [2.45, 2.75) is 27.7 Å². The van der Waals surface area contributed by atoms with Gasteiger partial charge in [-0.05, 0) is 18.4 Å². The highest BCUT2D eigenvalue weighted by molar-refractivity contribution is 4.70. The molecule has 0 radical (unpaired) electrons. The fourth-order valence-electron chi connectivity index (χ4n) is 0.561. The molecule has 0 spiro atoms. The van der Waals surface area contributed by atoms with Crippen LogP contribution in [-0.2, 0) is 0 Å². The minimum atomic E-state index is 0.407. The topological polar surface area (TPSA) is 24.1 Å². The first-order valence-electron chi connectivity index (χ1n) is 3.88. The van der Waals surface area contributed by atoms with Crippen LogP contribution in [0.2, 0.25) is 0 Å². The molecule has 0 rings (SSSR count). The van der Waals surface area contributed by atoms with Crippen molar-refractivity contribution >= 4 is 0 Å². The van der Waals surface area contributed by atoms with Crippen LogP contribution in [-0.4, -0.2) is 13.6 Å². The van der Waals surface area contributed by atoms with E-state index in [0.29, 0.717) is 11.3 Å². The van der Waals surface area contributed by atoms with Crippen molar-refractivity contribution in [3.8, 4) is 0 Å².